The van der Waals surface area contributed by atoms with Crippen LogP contribution in [0.4, 0.5) is 4.79 Å². The first-order valence-corrected chi connectivity index (χ1v) is 7.20. The van der Waals surface area contributed by atoms with Crippen LogP contribution < -0.4 is 10.6 Å². The maximum atomic E-state index is 12.0. The van der Waals surface area contributed by atoms with Crippen LogP contribution in [-0.2, 0) is 0 Å². The van der Waals surface area contributed by atoms with Crippen molar-refractivity contribution in [1.29, 1.82) is 0 Å². The predicted molar refractivity (Wildman–Crippen MR) is 82.1 cm³/mol. The number of carbonyl (C=O) groups is 1. The van der Waals surface area contributed by atoms with Crippen LogP contribution in [0.15, 0.2) is 48.8 Å². The van der Waals surface area contributed by atoms with Crippen molar-refractivity contribution >= 4 is 17.1 Å². The van der Waals surface area contributed by atoms with Crippen LogP contribution in [0.1, 0.15) is 29.6 Å². The fourth-order valence-electron chi connectivity index (χ4n) is 2.88. The van der Waals surface area contributed by atoms with Gasteiger partial charge in [0, 0.05) is 11.6 Å². The highest BCUT2D eigenvalue weighted by Gasteiger charge is 2.28. The van der Waals surface area contributed by atoms with Crippen LogP contribution in [0.5, 0.6) is 0 Å². The highest BCUT2D eigenvalue weighted by Crippen LogP contribution is 2.30. The highest BCUT2D eigenvalue weighted by atomic mass is 16.2. The summed E-state index contributed by atoms with van der Waals surface area (Å²) in [6.07, 6.45) is 4.31. The molecule has 1 fully saturated rings. The van der Waals surface area contributed by atoms with Gasteiger partial charge in [-0.15, -0.1) is 0 Å². The van der Waals surface area contributed by atoms with Gasteiger partial charge in [-0.05, 0) is 23.6 Å². The summed E-state index contributed by atoms with van der Waals surface area (Å²) in [5, 5.41) is 13.7. The smallest absolute Gasteiger partial charge is 0.315 e. The van der Waals surface area contributed by atoms with Gasteiger partial charge in [-0.2, -0.15) is 5.10 Å². The number of carbonyl (C=O) groups excluding carboxylic acids is 1. The van der Waals surface area contributed by atoms with Crippen molar-refractivity contribution in [2.75, 3.05) is 0 Å². The van der Waals surface area contributed by atoms with Gasteiger partial charge in [-0.25, -0.2) is 9.78 Å². The number of pyridine rings is 1. The van der Waals surface area contributed by atoms with Gasteiger partial charge < -0.3 is 10.6 Å². The van der Waals surface area contributed by atoms with E-state index in [-0.39, 0.29) is 18.1 Å². The fraction of sp³-hybridized carbons (Fsp3) is 0.188. The molecule has 0 radical (unpaired) electrons. The number of amides is 2. The normalized spacial score (nSPS) is 21.4. The summed E-state index contributed by atoms with van der Waals surface area (Å²) >= 11 is 0. The topological polar surface area (TPSA) is 82.7 Å². The number of hydrogen-bond donors (Lipinski definition) is 3. The van der Waals surface area contributed by atoms with Crippen LogP contribution in [0.2, 0.25) is 0 Å². The number of H-pyrrole nitrogens is 1. The molecule has 2 aromatic heterocycles. The van der Waals surface area contributed by atoms with Gasteiger partial charge in [0.2, 0.25) is 0 Å². The third kappa shape index (κ3) is 2.28. The molecule has 3 heterocycles. The van der Waals surface area contributed by atoms with E-state index >= 15 is 0 Å². The molecule has 1 aliphatic rings. The standard InChI is InChI=1S/C16H15N5O/c22-16-19-13(10-4-2-1-3-5-10)7-14(20-16)11-6-12-9-18-21-15(12)17-8-11/h1-6,8-9,13-14H,7H2,(H,17,18,21)(H2,19,20,22). The second-order valence-corrected chi connectivity index (χ2v) is 5.45. The number of nitrogens with one attached hydrogen (secondary N) is 3. The Morgan fingerprint density at radius 2 is 1.77 bits per heavy atom. The predicted octanol–water partition coefficient (Wildman–Crippen LogP) is 2.44. The summed E-state index contributed by atoms with van der Waals surface area (Å²) in [7, 11) is 0. The second kappa shape index (κ2) is 5.14. The van der Waals surface area contributed by atoms with Crippen molar-refractivity contribution < 1.29 is 4.79 Å². The molecule has 1 saturated heterocycles. The maximum Gasteiger partial charge on any atom is 0.315 e. The Labute approximate surface area is 127 Å². The molecule has 22 heavy (non-hydrogen) atoms. The van der Waals surface area contributed by atoms with E-state index in [2.05, 4.69) is 25.8 Å². The first-order chi connectivity index (χ1) is 10.8. The van der Waals surface area contributed by atoms with Crippen molar-refractivity contribution in [2.45, 2.75) is 18.5 Å². The summed E-state index contributed by atoms with van der Waals surface area (Å²) in [5.41, 5.74) is 2.85. The zero-order chi connectivity index (χ0) is 14.9. The third-order valence-electron chi connectivity index (χ3n) is 4.00. The summed E-state index contributed by atoms with van der Waals surface area (Å²) in [6, 6.07) is 11.8. The summed E-state index contributed by atoms with van der Waals surface area (Å²) in [5.74, 6) is 0. The number of urea groups is 1. The summed E-state index contributed by atoms with van der Waals surface area (Å²) in [4.78, 5) is 16.3. The maximum absolute atomic E-state index is 12.0. The van der Waals surface area contributed by atoms with Crippen LogP contribution >= 0.6 is 0 Å². The largest absolute Gasteiger partial charge is 0.331 e. The lowest BCUT2D eigenvalue weighted by molar-refractivity contribution is 0.219. The van der Waals surface area contributed by atoms with E-state index < -0.39 is 0 Å². The van der Waals surface area contributed by atoms with E-state index in [0.717, 1.165) is 28.6 Å². The average molecular weight is 293 g/mol. The molecule has 4 rings (SSSR count). The minimum absolute atomic E-state index is 0.00000307. The van der Waals surface area contributed by atoms with Crippen LogP contribution in [0.3, 0.4) is 0 Å². The molecular weight excluding hydrogens is 278 g/mol. The lowest BCUT2D eigenvalue weighted by Crippen LogP contribution is -2.46. The lowest BCUT2D eigenvalue weighted by atomic mass is 9.93. The Morgan fingerprint density at radius 3 is 2.59 bits per heavy atom. The zero-order valence-electron chi connectivity index (χ0n) is 11.8. The highest BCUT2D eigenvalue weighted by molar-refractivity contribution is 5.77. The first kappa shape index (κ1) is 12.8. The van der Waals surface area contributed by atoms with Crippen molar-refractivity contribution in [1.82, 2.24) is 25.8 Å². The van der Waals surface area contributed by atoms with Gasteiger partial charge in [0.25, 0.3) is 0 Å². The monoisotopic (exact) mass is 293 g/mol. The second-order valence-electron chi connectivity index (χ2n) is 5.45. The molecule has 3 aromatic rings. The number of nitrogens with zero attached hydrogens (tertiary/aromatic N) is 2. The Hall–Kier alpha value is -2.89. The Morgan fingerprint density at radius 1 is 1.00 bits per heavy atom. The molecule has 0 saturated carbocycles. The molecule has 0 spiro atoms. The molecule has 6 heteroatoms. The molecule has 2 amide bonds. The quantitative estimate of drug-likeness (QED) is 0.678. The first-order valence-electron chi connectivity index (χ1n) is 7.20. The summed E-state index contributed by atoms with van der Waals surface area (Å²) in [6.45, 7) is 0. The van der Waals surface area contributed by atoms with E-state index in [1.54, 1.807) is 12.4 Å². The number of rotatable bonds is 2. The number of benzene rings is 1. The zero-order valence-corrected chi connectivity index (χ0v) is 11.8. The molecule has 0 bridgehead atoms. The van der Waals surface area contributed by atoms with Gasteiger partial charge in [-0.3, -0.25) is 5.10 Å². The molecular formula is C16H15N5O. The molecule has 1 aliphatic heterocycles. The van der Waals surface area contributed by atoms with Crippen molar-refractivity contribution in [2.24, 2.45) is 0 Å². The van der Waals surface area contributed by atoms with Crippen molar-refractivity contribution in [3.8, 4) is 0 Å². The van der Waals surface area contributed by atoms with E-state index in [0.29, 0.717) is 0 Å². The fourth-order valence-corrected chi connectivity index (χ4v) is 2.88. The Kier molecular flexibility index (Phi) is 3.00. The molecule has 1 aromatic carbocycles. The Bertz CT molecular complexity index is 814. The number of aromatic nitrogens is 3. The molecule has 2 atom stereocenters. The molecule has 2 unspecified atom stereocenters. The number of fused-ring (bicyclic) bond motifs is 1. The van der Waals surface area contributed by atoms with E-state index in [9.17, 15) is 4.79 Å². The molecule has 0 aliphatic carbocycles. The summed E-state index contributed by atoms with van der Waals surface area (Å²) < 4.78 is 0. The average Bonchev–Trinajstić information content (AvgIpc) is 3.02. The third-order valence-corrected chi connectivity index (χ3v) is 4.00. The van der Waals surface area contributed by atoms with E-state index in [1.165, 1.54) is 0 Å². The minimum Gasteiger partial charge on any atom is -0.331 e. The van der Waals surface area contributed by atoms with Gasteiger partial charge in [0.05, 0.1) is 18.3 Å². The lowest BCUT2D eigenvalue weighted by Gasteiger charge is -2.31. The van der Waals surface area contributed by atoms with Crippen LogP contribution in [0.25, 0.3) is 11.0 Å². The van der Waals surface area contributed by atoms with Crippen LogP contribution in [0, 0.1) is 0 Å². The minimum atomic E-state index is -0.155. The van der Waals surface area contributed by atoms with Gasteiger partial charge in [-0.1, -0.05) is 30.3 Å². The van der Waals surface area contributed by atoms with E-state index in [1.807, 2.05) is 36.4 Å². The van der Waals surface area contributed by atoms with Gasteiger partial charge >= 0.3 is 6.03 Å². The van der Waals surface area contributed by atoms with Gasteiger partial charge in [0.15, 0.2) is 5.65 Å². The SMILES string of the molecule is O=C1NC(c2ccccc2)CC(c2cnc3[nH]ncc3c2)N1. The van der Waals surface area contributed by atoms with Crippen molar-refractivity contribution in [3.05, 3.63) is 59.9 Å². The molecule has 110 valence electrons. The Balaban J connectivity index is 1.64. The molecule has 6 nitrogen and oxygen atoms in total. The molecule has 3 N–H and O–H groups in total. The van der Waals surface area contributed by atoms with E-state index in [4.69, 9.17) is 0 Å². The number of hydrogen-bond acceptors (Lipinski definition) is 3. The van der Waals surface area contributed by atoms with Gasteiger partial charge in [0.1, 0.15) is 0 Å². The van der Waals surface area contributed by atoms with Crippen LogP contribution in [-0.4, -0.2) is 21.2 Å². The van der Waals surface area contributed by atoms with Crippen molar-refractivity contribution in [3.63, 3.8) is 0 Å². The number of aromatic amines is 1.